The molecule has 2 fully saturated rings. The van der Waals surface area contributed by atoms with Crippen molar-refractivity contribution in [2.24, 2.45) is 11.8 Å². The van der Waals surface area contributed by atoms with Crippen LogP contribution in [0.1, 0.15) is 68.4 Å². The molecule has 176 valence electrons. The third kappa shape index (κ3) is 4.48. The molecule has 0 spiro atoms. The maximum Gasteiger partial charge on any atom is 0.180 e. The number of ketones is 1. The zero-order valence-electron chi connectivity index (χ0n) is 20.6. The Labute approximate surface area is 198 Å². The molecule has 0 aromatic heterocycles. The zero-order valence-corrected chi connectivity index (χ0v) is 20.6. The average molecular weight is 447 g/mol. The van der Waals surface area contributed by atoms with Crippen LogP contribution in [0.4, 0.5) is 5.69 Å². The first-order valence-electron chi connectivity index (χ1n) is 12.6. The Kier molecular flexibility index (Phi) is 5.86. The van der Waals surface area contributed by atoms with Crippen LogP contribution >= 0.6 is 0 Å². The van der Waals surface area contributed by atoms with E-state index in [1.807, 2.05) is 18.2 Å². The molecular weight excluding hydrogens is 408 g/mol. The molecule has 1 heterocycles. The Morgan fingerprint density at radius 1 is 1.15 bits per heavy atom. The number of hydrogen-bond acceptors (Lipinski definition) is 4. The average Bonchev–Trinajstić information content (AvgIpc) is 3.60. The summed E-state index contributed by atoms with van der Waals surface area (Å²) >= 11 is 0. The first kappa shape index (κ1) is 22.6. The molecular formula is C29H38N2O2. The number of ether oxygens (including phenoxy) is 1. The van der Waals surface area contributed by atoms with Crippen LogP contribution in [0.3, 0.4) is 0 Å². The van der Waals surface area contributed by atoms with E-state index in [2.05, 4.69) is 68.2 Å². The van der Waals surface area contributed by atoms with Gasteiger partial charge in [0.05, 0.1) is 24.8 Å². The summed E-state index contributed by atoms with van der Waals surface area (Å²) < 4.78 is 6.02. The molecule has 1 saturated carbocycles. The highest BCUT2D eigenvalue weighted by Gasteiger charge is 2.52. The second kappa shape index (κ2) is 8.56. The molecule has 0 radical (unpaired) electrons. The summed E-state index contributed by atoms with van der Waals surface area (Å²) in [6.45, 7) is 12.3. The minimum Gasteiger partial charge on any atom is -0.378 e. The quantitative estimate of drug-likeness (QED) is 0.567. The van der Waals surface area contributed by atoms with E-state index in [1.54, 1.807) is 0 Å². The second-order valence-corrected chi connectivity index (χ2v) is 11.5. The Balaban J connectivity index is 1.31. The Morgan fingerprint density at radius 2 is 1.91 bits per heavy atom. The van der Waals surface area contributed by atoms with Gasteiger partial charge in [0.1, 0.15) is 0 Å². The van der Waals surface area contributed by atoms with Crippen LogP contribution < -0.4 is 5.32 Å². The Bertz CT molecular complexity index is 1010. The molecule has 5 rings (SSSR count). The molecule has 33 heavy (non-hydrogen) atoms. The van der Waals surface area contributed by atoms with E-state index in [0.717, 1.165) is 36.7 Å². The van der Waals surface area contributed by atoms with Crippen LogP contribution in [0.5, 0.6) is 0 Å². The van der Waals surface area contributed by atoms with E-state index < -0.39 is 0 Å². The van der Waals surface area contributed by atoms with Crippen molar-refractivity contribution in [2.75, 3.05) is 25.0 Å². The number of carbonyl (C=O) groups excluding carboxylic acids is 1. The maximum absolute atomic E-state index is 13.6. The monoisotopic (exact) mass is 446 g/mol. The lowest BCUT2D eigenvalue weighted by molar-refractivity contribution is 0.0266. The third-order valence-electron chi connectivity index (χ3n) is 8.21. The number of likely N-dealkylation sites (tertiary alicyclic amines) is 1. The van der Waals surface area contributed by atoms with E-state index in [9.17, 15) is 4.79 Å². The van der Waals surface area contributed by atoms with Crippen LogP contribution in [0, 0.1) is 11.8 Å². The van der Waals surface area contributed by atoms with Gasteiger partial charge in [-0.3, -0.25) is 9.69 Å². The van der Waals surface area contributed by atoms with E-state index in [-0.39, 0.29) is 17.0 Å². The number of nitrogens with zero attached hydrogens (tertiary/aromatic N) is 1. The van der Waals surface area contributed by atoms with Gasteiger partial charge in [0.2, 0.25) is 0 Å². The maximum atomic E-state index is 13.6. The van der Waals surface area contributed by atoms with Crippen molar-refractivity contribution in [1.82, 2.24) is 4.90 Å². The number of anilines is 1. The van der Waals surface area contributed by atoms with E-state index in [1.165, 1.54) is 24.0 Å². The fourth-order valence-corrected chi connectivity index (χ4v) is 5.91. The summed E-state index contributed by atoms with van der Waals surface area (Å²) in [6, 6.07) is 16.7. The lowest BCUT2D eigenvalue weighted by atomic mass is 9.58. The molecule has 4 nitrogen and oxygen atoms in total. The number of rotatable bonds is 8. The molecule has 3 atom stereocenters. The van der Waals surface area contributed by atoms with Crippen molar-refractivity contribution in [3.8, 4) is 0 Å². The predicted molar refractivity (Wildman–Crippen MR) is 134 cm³/mol. The third-order valence-corrected chi connectivity index (χ3v) is 8.21. The largest absolute Gasteiger partial charge is 0.378 e. The lowest BCUT2D eigenvalue weighted by Crippen LogP contribution is -2.61. The van der Waals surface area contributed by atoms with Crippen molar-refractivity contribution in [2.45, 2.75) is 70.6 Å². The first-order valence-corrected chi connectivity index (χ1v) is 12.6. The van der Waals surface area contributed by atoms with Crippen LogP contribution in [0.25, 0.3) is 0 Å². The molecule has 2 bridgehead atoms. The Morgan fingerprint density at radius 3 is 2.64 bits per heavy atom. The number of fused-ring (bicyclic) bond motifs is 4. The Hall–Kier alpha value is -2.17. The molecule has 0 amide bonds. The van der Waals surface area contributed by atoms with E-state index >= 15 is 0 Å². The summed E-state index contributed by atoms with van der Waals surface area (Å²) in [5, 5.41) is 3.67. The molecule has 3 aliphatic rings. The molecule has 2 aromatic rings. The number of piperidine rings is 1. The van der Waals surface area contributed by atoms with Crippen LogP contribution in [0.15, 0.2) is 48.5 Å². The van der Waals surface area contributed by atoms with Gasteiger partial charge in [-0.2, -0.15) is 0 Å². The molecule has 3 unspecified atom stereocenters. The van der Waals surface area contributed by atoms with Gasteiger partial charge < -0.3 is 10.1 Å². The van der Waals surface area contributed by atoms with Crippen molar-refractivity contribution in [3.63, 3.8) is 0 Å². The first-order chi connectivity index (χ1) is 15.8. The number of Topliss-reactive ketones (excluding diaryl/α,β-unsaturated/α-hetero) is 1. The number of carbonyl (C=O) groups is 1. The van der Waals surface area contributed by atoms with Crippen molar-refractivity contribution >= 4 is 11.5 Å². The van der Waals surface area contributed by atoms with Gasteiger partial charge in [0.15, 0.2) is 5.78 Å². The highest BCUT2D eigenvalue weighted by Crippen LogP contribution is 2.50. The van der Waals surface area contributed by atoms with Gasteiger partial charge in [-0.25, -0.2) is 0 Å². The highest BCUT2D eigenvalue weighted by atomic mass is 16.5. The molecule has 2 aromatic carbocycles. The minimum absolute atomic E-state index is 0.0403. The SMILES string of the molecule is CC1C2C(=O)c3ccc(NC(C)(C)COCc4ccccc4)cc3C1(C)CCN2CC1CC1. The highest BCUT2D eigenvalue weighted by molar-refractivity contribution is 6.04. The summed E-state index contributed by atoms with van der Waals surface area (Å²) in [5.74, 6) is 1.48. The summed E-state index contributed by atoms with van der Waals surface area (Å²) in [7, 11) is 0. The fourth-order valence-electron chi connectivity index (χ4n) is 5.91. The van der Waals surface area contributed by atoms with Crippen molar-refractivity contribution < 1.29 is 9.53 Å². The van der Waals surface area contributed by atoms with Gasteiger partial charge in [0.25, 0.3) is 0 Å². The molecule has 1 saturated heterocycles. The fraction of sp³-hybridized carbons (Fsp3) is 0.552. The zero-order chi connectivity index (χ0) is 23.2. The summed E-state index contributed by atoms with van der Waals surface area (Å²) in [6.07, 6.45) is 3.78. The number of benzene rings is 2. The van der Waals surface area contributed by atoms with Gasteiger partial charge in [-0.1, -0.05) is 44.2 Å². The van der Waals surface area contributed by atoms with Crippen molar-refractivity contribution in [3.05, 3.63) is 65.2 Å². The number of hydrogen-bond donors (Lipinski definition) is 1. The topological polar surface area (TPSA) is 41.6 Å². The molecule has 1 aliphatic heterocycles. The number of nitrogens with one attached hydrogen (secondary N) is 1. The van der Waals surface area contributed by atoms with Crippen LogP contribution in [-0.2, 0) is 16.8 Å². The summed E-state index contributed by atoms with van der Waals surface area (Å²) in [5.41, 5.74) is 4.25. The predicted octanol–water partition coefficient (Wildman–Crippen LogP) is 5.67. The molecule has 2 aliphatic carbocycles. The minimum atomic E-state index is -0.218. The van der Waals surface area contributed by atoms with Gasteiger partial charge in [-0.05, 0) is 86.2 Å². The smallest absolute Gasteiger partial charge is 0.180 e. The van der Waals surface area contributed by atoms with E-state index in [4.69, 9.17) is 4.74 Å². The van der Waals surface area contributed by atoms with E-state index in [0.29, 0.717) is 24.9 Å². The van der Waals surface area contributed by atoms with Crippen LogP contribution in [0.2, 0.25) is 0 Å². The van der Waals surface area contributed by atoms with Gasteiger partial charge in [0, 0.05) is 17.8 Å². The summed E-state index contributed by atoms with van der Waals surface area (Å²) in [4.78, 5) is 16.1. The molecule has 1 N–H and O–H groups in total. The lowest BCUT2D eigenvalue weighted by Gasteiger charge is -2.53. The second-order valence-electron chi connectivity index (χ2n) is 11.5. The van der Waals surface area contributed by atoms with Gasteiger partial charge >= 0.3 is 0 Å². The van der Waals surface area contributed by atoms with Crippen LogP contribution in [-0.4, -0.2) is 42.0 Å². The van der Waals surface area contributed by atoms with Crippen molar-refractivity contribution in [1.29, 1.82) is 0 Å². The normalized spacial score (nSPS) is 27.3. The van der Waals surface area contributed by atoms with Gasteiger partial charge in [-0.15, -0.1) is 0 Å². The molecule has 4 heteroatoms. The standard InChI is InChI=1S/C29H38N2O2/c1-20-26-27(32)24-13-12-23(30-28(2,3)19-33-18-22-8-6-5-7-9-22)16-25(24)29(20,4)14-15-31(26)17-21-10-11-21/h5-9,12-13,16,20-21,26,30H,10-11,14-15,17-19H2,1-4H3.